The summed E-state index contributed by atoms with van der Waals surface area (Å²) in [5, 5.41) is 7.72. The van der Waals surface area contributed by atoms with Gasteiger partial charge in [0.1, 0.15) is 6.04 Å². The van der Waals surface area contributed by atoms with Crippen molar-refractivity contribution >= 4 is 17.5 Å². The highest BCUT2D eigenvalue weighted by molar-refractivity contribution is 6.30. The van der Waals surface area contributed by atoms with Crippen molar-refractivity contribution in [3.8, 4) is 11.4 Å². The maximum Gasteiger partial charge on any atom is 0.249 e. The van der Waals surface area contributed by atoms with Crippen LogP contribution in [0.3, 0.4) is 0 Å². The molecular formula is C17H20ClN3O2. The fraction of sp³-hybridized carbons (Fsp3) is 0.471. The number of rotatable bonds is 6. The van der Waals surface area contributed by atoms with E-state index in [1.54, 1.807) is 12.1 Å². The van der Waals surface area contributed by atoms with Crippen LogP contribution < -0.4 is 5.32 Å². The van der Waals surface area contributed by atoms with Crippen molar-refractivity contribution in [2.24, 2.45) is 11.8 Å². The van der Waals surface area contributed by atoms with E-state index in [9.17, 15) is 4.79 Å². The summed E-state index contributed by atoms with van der Waals surface area (Å²) in [7, 11) is 0. The van der Waals surface area contributed by atoms with E-state index < -0.39 is 0 Å². The van der Waals surface area contributed by atoms with Crippen LogP contribution in [-0.2, 0) is 4.79 Å². The predicted octanol–water partition coefficient (Wildman–Crippen LogP) is 4.00. The molecule has 1 aliphatic carbocycles. The summed E-state index contributed by atoms with van der Waals surface area (Å²) >= 11 is 6.00. The molecule has 6 heteroatoms. The number of nitrogens with zero attached hydrogens (tertiary/aromatic N) is 2. The Balaban J connectivity index is 1.83. The lowest BCUT2D eigenvalue weighted by molar-refractivity contribution is -0.123. The third kappa shape index (κ3) is 3.72. The molecule has 0 unspecified atom stereocenters. The van der Waals surface area contributed by atoms with Gasteiger partial charge in [-0.1, -0.05) is 49.2 Å². The minimum Gasteiger partial charge on any atom is -0.344 e. The van der Waals surface area contributed by atoms with E-state index in [1.165, 1.54) is 0 Å². The van der Waals surface area contributed by atoms with Crippen molar-refractivity contribution in [3.05, 3.63) is 35.2 Å². The molecule has 0 aliphatic heterocycles. The van der Waals surface area contributed by atoms with Gasteiger partial charge in [-0.05, 0) is 30.9 Å². The molecule has 1 fully saturated rings. The zero-order valence-corrected chi connectivity index (χ0v) is 14.0. The molecule has 0 saturated heterocycles. The number of aromatic nitrogens is 2. The van der Waals surface area contributed by atoms with E-state index in [-0.39, 0.29) is 23.8 Å². The number of hydrogen-bond acceptors (Lipinski definition) is 4. The van der Waals surface area contributed by atoms with Gasteiger partial charge in [-0.15, -0.1) is 0 Å². The van der Waals surface area contributed by atoms with Gasteiger partial charge in [-0.25, -0.2) is 0 Å². The highest BCUT2D eigenvalue weighted by Crippen LogP contribution is 2.32. The molecule has 23 heavy (non-hydrogen) atoms. The summed E-state index contributed by atoms with van der Waals surface area (Å²) in [6.07, 6.45) is 2.85. The van der Waals surface area contributed by atoms with Gasteiger partial charge in [0.15, 0.2) is 0 Å². The van der Waals surface area contributed by atoms with Crippen molar-refractivity contribution in [2.45, 2.75) is 39.2 Å². The molecule has 1 aromatic heterocycles. The second-order valence-corrected chi connectivity index (χ2v) is 6.55. The first-order valence-electron chi connectivity index (χ1n) is 7.98. The van der Waals surface area contributed by atoms with Crippen LogP contribution in [0.1, 0.15) is 45.0 Å². The Bertz CT molecular complexity index is 697. The van der Waals surface area contributed by atoms with E-state index >= 15 is 0 Å². The van der Waals surface area contributed by atoms with E-state index in [0.29, 0.717) is 16.7 Å². The number of carbonyl (C=O) groups excluding carboxylic acids is 1. The van der Waals surface area contributed by atoms with Gasteiger partial charge in [-0.2, -0.15) is 4.98 Å². The summed E-state index contributed by atoms with van der Waals surface area (Å²) in [5.41, 5.74) is 0.795. The second-order valence-electron chi connectivity index (χ2n) is 6.11. The van der Waals surface area contributed by atoms with Crippen molar-refractivity contribution < 1.29 is 9.32 Å². The van der Waals surface area contributed by atoms with Gasteiger partial charge < -0.3 is 9.84 Å². The lowest BCUT2D eigenvalue weighted by Gasteiger charge is -2.20. The molecule has 1 aliphatic rings. The summed E-state index contributed by atoms with van der Waals surface area (Å²) in [5.74, 6) is 1.37. The molecule has 1 heterocycles. The normalized spacial score (nSPS) is 16.8. The van der Waals surface area contributed by atoms with Gasteiger partial charge in [-0.3, -0.25) is 4.79 Å². The largest absolute Gasteiger partial charge is 0.344 e. The Morgan fingerprint density at radius 2 is 2.26 bits per heavy atom. The van der Waals surface area contributed by atoms with Crippen LogP contribution in [-0.4, -0.2) is 16.0 Å². The smallest absolute Gasteiger partial charge is 0.249 e. The minimum absolute atomic E-state index is 0.0813. The van der Waals surface area contributed by atoms with Crippen LogP contribution in [0, 0.1) is 11.8 Å². The van der Waals surface area contributed by atoms with Crippen LogP contribution in [0.25, 0.3) is 11.4 Å². The standard InChI is InChI=1S/C17H20ClN3O2/c1-3-10(2)14(19-16(22)11-7-8-11)17-20-15(21-23-17)12-5-4-6-13(18)9-12/h4-6,9-11,14H,3,7-8H2,1-2H3,(H,19,22)/t10-,14+/m1/s1. The van der Waals surface area contributed by atoms with E-state index in [0.717, 1.165) is 24.8 Å². The first-order chi connectivity index (χ1) is 11.1. The maximum atomic E-state index is 12.1. The van der Waals surface area contributed by atoms with Gasteiger partial charge in [0.25, 0.3) is 0 Å². The minimum atomic E-state index is -0.256. The second kappa shape index (κ2) is 6.71. The molecule has 2 atom stereocenters. The van der Waals surface area contributed by atoms with Gasteiger partial charge >= 0.3 is 0 Å². The molecule has 0 radical (unpaired) electrons. The molecule has 0 spiro atoms. The molecule has 1 saturated carbocycles. The fourth-order valence-electron chi connectivity index (χ4n) is 2.41. The van der Waals surface area contributed by atoms with Crippen molar-refractivity contribution in [2.75, 3.05) is 0 Å². The molecular weight excluding hydrogens is 314 g/mol. The third-order valence-electron chi connectivity index (χ3n) is 4.25. The number of carbonyl (C=O) groups is 1. The Morgan fingerprint density at radius 1 is 1.48 bits per heavy atom. The molecule has 5 nitrogen and oxygen atoms in total. The molecule has 1 N–H and O–H groups in total. The molecule has 3 rings (SSSR count). The number of halogens is 1. The lowest BCUT2D eigenvalue weighted by atomic mass is 9.99. The lowest BCUT2D eigenvalue weighted by Crippen LogP contribution is -2.33. The quantitative estimate of drug-likeness (QED) is 0.867. The van der Waals surface area contributed by atoms with Crippen LogP contribution >= 0.6 is 11.6 Å². The molecule has 1 aromatic carbocycles. The summed E-state index contributed by atoms with van der Waals surface area (Å²) in [6, 6.07) is 7.05. The summed E-state index contributed by atoms with van der Waals surface area (Å²) < 4.78 is 5.43. The molecule has 2 aromatic rings. The first kappa shape index (κ1) is 16.0. The maximum absolute atomic E-state index is 12.1. The Hall–Kier alpha value is -1.88. The topological polar surface area (TPSA) is 68.0 Å². The number of nitrogens with one attached hydrogen (secondary N) is 1. The Morgan fingerprint density at radius 3 is 2.91 bits per heavy atom. The average molecular weight is 334 g/mol. The van der Waals surface area contributed by atoms with Crippen LogP contribution in [0.15, 0.2) is 28.8 Å². The fourth-order valence-corrected chi connectivity index (χ4v) is 2.60. The SMILES string of the molecule is CC[C@@H](C)[C@H](NC(=O)C1CC1)c1nc(-c2cccc(Cl)c2)no1. The van der Waals surface area contributed by atoms with E-state index in [2.05, 4.69) is 29.3 Å². The number of hydrogen-bond donors (Lipinski definition) is 1. The van der Waals surface area contributed by atoms with Gasteiger partial charge in [0, 0.05) is 16.5 Å². The monoisotopic (exact) mass is 333 g/mol. The van der Waals surface area contributed by atoms with Crippen molar-refractivity contribution in [1.29, 1.82) is 0 Å². The van der Waals surface area contributed by atoms with Crippen molar-refractivity contribution in [1.82, 2.24) is 15.5 Å². The Labute approximate surface area is 140 Å². The number of amides is 1. The van der Waals surface area contributed by atoms with Gasteiger partial charge in [0.05, 0.1) is 0 Å². The molecule has 0 bridgehead atoms. The average Bonchev–Trinajstić information content (AvgIpc) is 3.29. The van der Waals surface area contributed by atoms with E-state index in [4.69, 9.17) is 16.1 Å². The van der Waals surface area contributed by atoms with Crippen molar-refractivity contribution in [3.63, 3.8) is 0 Å². The van der Waals surface area contributed by atoms with E-state index in [1.807, 2.05) is 12.1 Å². The third-order valence-corrected chi connectivity index (χ3v) is 4.48. The zero-order chi connectivity index (χ0) is 16.4. The zero-order valence-electron chi connectivity index (χ0n) is 13.3. The highest BCUT2D eigenvalue weighted by atomic mass is 35.5. The van der Waals surface area contributed by atoms with Crippen LogP contribution in [0.2, 0.25) is 5.02 Å². The predicted molar refractivity (Wildman–Crippen MR) is 87.8 cm³/mol. The summed E-state index contributed by atoms with van der Waals surface area (Å²) in [4.78, 5) is 16.6. The van der Waals surface area contributed by atoms with Crippen LogP contribution in [0.4, 0.5) is 0 Å². The highest BCUT2D eigenvalue weighted by Gasteiger charge is 2.34. The molecule has 1 amide bonds. The molecule has 122 valence electrons. The summed E-state index contributed by atoms with van der Waals surface area (Å²) in [6.45, 7) is 4.15. The first-order valence-corrected chi connectivity index (χ1v) is 8.36. The van der Waals surface area contributed by atoms with Gasteiger partial charge in [0.2, 0.25) is 17.6 Å². The Kier molecular flexibility index (Phi) is 4.66. The van der Waals surface area contributed by atoms with Crippen LogP contribution in [0.5, 0.6) is 0 Å². The number of benzene rings is 1.